The van der Waals surface area contributed by atoms with Crippen LogP contribution in [-0.2, 0) is 4.79 Å². The number of hydrogen-bond donors (Lipinski definition) is 1. The van der Waals surface area contributed by atoms with Gasteiger partial charge in [0, 0.05) is 41.2 Å². The van der Waals surface area contributed by atoms with Gasteiger partial charge in [-0.15, -0.1) is 0 Å². The second kappa shape index (κ2) is 8.47. The topological polar surface area (TPSA) is 92.6 Å². The van der Waals surface area contributed by atoms with Crippen LogP contribution in [-0.4, -0.2) is 34.7 Å². The predicted molar refractivity (Wildman–Crippen MR) is 104 cm³/mol. The van der Waals surface area contributed by atoms with Gasteiger partial charge in [0.25, 0.3) is 11.6 Å². The maximum Gasteiger partial charge on any atom is 0.269 e. The number of halogens is 2. The van der Waals surface area contributed by atoms with Crippen LogP contribution in [0.3, 0.4) is 0 Å². The number of amides is 2. The van der Waals surface area contributed by atoms with Crippen molar-refractivity contribution in [2.75, 3.05) is 18.4 Å². The number of rotatable bonds is 4. The monoisotopic (exact) mass is 449 g/mol. The highest BCUT2D eigenvalue weighted by Gasteiger charge is 2.28. The first-order valence-electron chi connectivity index (χ1n) is 8.65. The van der Waals surface area contributed by atoms with E-state index in [1.807, 2.05) is 0 Å². The van der Waals surface area contributed by atoms with Crippen molar-refractivity contribution in [3.63, 3.8) is 0 Å². The van der Waals surface area contributed by atoms with Crippen LogP contribution in [0.4, 0.5) is 15.8 Å². The van der Waals surface area contributed by atoms with E-state index in [0.29, 0.717) is 36.0 Å². The van der Waals surface area contributed by atoms with Crippen molar-refractivity contribution in [3.8, 4) is 0 Å². The van der Waals surface area contributed by atoms with Gasteiger partial charge in [0.2, 0.25) is 5.91 Å². The van der Waals surface area contributed by atoms with Gasteiger partial charge in [0.15, 0.2) is 0 Å². The summed E-state index contributed by atoms with van der Waals surface area (Å²) in [5.74, 6) is -1.34. The van der Waals surface area contributed by atoms with Crippen molar-refractivity contribution in [2.24, 2.45) is 5.92 Å². The number of nitro groups is 1. The Bertz CT molecular complexity index is 912. The van der Waals surface area contributed by atoms with Gasteiger partial charge < -0.3 is 10.2 Å². The molecule has 0 radical (unpaired) electrons. The van der Waals surface area contributed by atoms with Gasteiger partial charge >= 0.3 is 0 Å². The Morgan fingerprint density at radius 2 is 1.79 bits per heavy atom. The molecule has 0 aromatic heterocycles. The molecule has 0 atom stereocenters. The van der Waals surface area contributed by atoms with Crippen LogP contribution in [0.15, 0.2) is 46.9 Å². The lowest BCUT2D eigenvalue weighted by Gasteiger charge is -2.31. The second-order valence-corrected chi connectivity index (χ2v) is 7.40. The minimum Gasteiger partial charge on any atom is -0.339 e. The number of non-ortho nitro benzene ring substituents is 1. The molecule has 1 saturated heterocycles. The Kier molecular flexibility index (Phi) is 6.03. The Morgan fingerprint density at radius 3 is 2.36 bits per heavy atom. The van der Waals surface area contributed by atoms with Crippen molar-refractivity contribution in [3.05, 3.63) is 68.4 Å². The standard InChI is InChI=1S/C19H17BrFN3O4/c20-14-3-6-17(16(21)11-14)22-18(25)12-7-9-23(10-8-12)19(26)13-1-4-15(5-2-13)24(27)28/h1-6,11-12H,7-10H2,(H,22,25). The number of hydrogen-bond acceptors (Lipinski definition) is 4. The van der Waals surface area contributed by atoms with E-state index in [-0.39, 0.29) is 29.1 Å². The highest BCUT2D eigenvalue weighted by Crippen LogP contribution is 2.24. The molecule has 0 saturated carbocycles. The van der Waals surface area contributed by atoms with Gasteiger partial charge in [-0.2, -0.15) is 0 Å². The Hall–Kier alpha value is -2.81. The molecule has 7 nitrogen and oxygen atoms in total. The molecule has 0 bridgehead atoms. The summed E-state index contributed by atoms with van der Waals surface area (Å²) in [6, 6.07) is 9.85. The molecule has 0 aliphatic carbocycles. The average molecular weight is 450 g/mol. The molecule has 2 amide bonds. The molecule has 1 N–H and O–H groups in total. The number of carbonyl (C=O) groups excluding carboxylic acids is 2. The summed E-state index contributed by atoms with van der Waals surface area (Å²) in [4.78, 5) is 36.7. The van der Waals surface area contributed by atoms with Crippen LogP contribution in [0.25, 0.3) is 0 Å². The minimum absolute atomic E-state index is 0.0768. The zero-order valence-corrected chi connectivity index (χ0v) is 16.3. The fourth-order valence-electron chi connectivity index (χ4n) is 3.08. The molecule has 1 heterocycles. The van der Waals surface area contributed by atoms with E-state index in [1.165, 1.54) is 36.4 Å². The van der Waals surface area contributed by atoms with Gasteiger partial charge in [0.05, 0.1) is 10.6 Å². The smallest absolute Gasteiger partial charge is 0.269 e. The minimum atomic E-state index is -0.521. The van der Waals surface area contributed by atoms with E-state index in [4.69, 9.17) is 0 Å². The van der Waals surface area contributed by atoms with E-state index in [0.717, 1.165) is 0 Å². The molecule has 0 spiro atoms. The summed E-state index contributed by atoms with van der Waals surface area (Å²) in [5.41, 5.74) is 0.412. The van der Waals surface area contributed by atoms with E-state index in [2.05, 4.69) is 21.2 Å². The normalized spacial score (nSPS) is 14.6. The molecular formula is C19H17BrFN3O4. The first kappa shape index (κ1) is 19.9. The number of nitro benzene ring substituents is 1. The number of likely N-dealkylation sites (tertiary alicyclic amines) is 1. The van der Waals surface area contributed by atoms with Crippen LogP contribution in [0, 0.1) is 21.8 Å². The Labute approximate surface area is 168 Å². The number of nitrogens with zero attached hydrogens (tertiary/aromatic N) is 2. The van der Waals surface area contributed by atoms with Gasteiger partial charge in [0.1, 0.15) is 5.82 Å². The average Bonchev–Trinajstić information content (AvgIpc) is 2.69. The highest BCUT2D eigenvalue weighted by atomic mass is 79.9. The van der Waals surface area contributed by atoms with Crippen molar-refractivity contribution < 1.29 is 18.9 Å². The van der Waals surface area contributed by atoms with Crippen LogP contribution >= 0.6 is 15.9 Å². The fourth-order valence-corrected chi connectivity index (χ4v) is 3.41. The molecule has 3 rings (SSSR count). The van der Waals surface area contributed by atoms with Crippen LogP contribution < -0.4 is 5.32 Å². The lowest BCUT2D eigenvalue weighted by Crippen LogP contribution is -2.41. The zero-order chi connectivity index (χ0) is 20.3. The van der Waals surface area contributed by atoms with Crippen molar-refractivity contribution in [1.29, 1.82) is 0 Å². The third-order valence-corrected chi connectivity index (χ3v) is 5.16. The van der Waals surface area contributed by atoms with Gasteiger partial charge in [-0.25, -0.2) is 4.39 Å². The van der Waals surface area contributed by atoms with Crippen molar-refractivity contribution in [1.82, 2.24) is 4.90 Å². The van der Waals surface area contributed by atoms with Gasteiger partial charge in [-0.3, -0.25) is 19.7 Å². The van der Waals surface area contributed by atoms with E-state index in [9.17, 15) is 24.1 Å². The molecule has 146 valence electrons. The lowest BCUT2D eigenvalue weighted by molar-refractivity contribution is -0.384. The summed E-state index contributed by atoms with van der Waals surface area (Å²) in [5, 5.41) is 13.3. The molecule has 1 fully saturated rings. The molecule has 28 heavy (non-hydrogen) atoms. The number of benzene rings is 2. The third-order valence-electron chi connectivity index (χ3n) is 4.67. The molecule has 2 aromatic rings. The molecule has 9 heteroatoms. The fraction of sp³-hybridized carbons (Fsp3) is 0.263. The maximum absolute atomic E-state index is 13.9. The number of piperidine rings is 1. The van der Waals surface area contributed by atoms with Gasteiger partial charge in [-0.1, -0.05) is 15.9 Å². The van der Waals surface area contributed by atoms with Crippen LogP contribution in [0.1, 0.15) is 23.2 Å². The number of anilines is 1. The first-order valence-corrected chi connectivity index (χ1v) is 9.44. The maximum atomic E-state index is 13.9. The zero-order valence-electron chi connectivity index (χ0n) is 14.7. The lowest BCUT2D eigenvalue weighted by atomic mass is 9.95. The highest BCUT2D eigenvalue weighted by molar-refractivity contribution is 9.10. The van der Waals surface area contributed by atoms with Gasteiger partial charge in [-0.05, 0) is 43.2 Å². The molecule has 1 aliphatic rings. The number of nitrogens with one attached hydrogen (secondary N) is 1. The summed E-state index contributed by atoms with van der Waals surface area (Å²) < 4.78 is 14.5. The summed E-state index contributed by atoms with van der Waals surface area (Å²) in [7, 11) is 0. The van der Waals surface area contributed by atoms with Crippen LogP contribution in [0.5, 0.6) is 0 Å². The first-order chi connectivity index (χ1) is 13.3. The van der Waals surface area contributed by atoms with E-state index in [1.54, 1.807) is 11.0 Å². The summed E-state index contributed by atoms with van der Waals surface area (Å²) >= 11 is 3.17. The number of carbonyl (C=O) groups is 2. The third kappa shape index (κ3) is 4.53. The van der Waals surface area contributed by atoms with Crippen molar-refractivity contribution >= 4 is 39.1 Å². The summed E-state index contributed by atoms with van der Waals surface area (Å²) in [6.07, 6.45) is 0.922. The quantitative estimate of drug-likeness (QED) is 0.563. The van der Waals surface area contributed by atoms with Crippen LogP contribution in [0.2, 0.25) is 0 Å². The van der Waals surface area contributed by atoms with E-state index < -0.39 is 10.7 Å². The second-order valence-electron chi connectivity index (χ2n) is 6.48. The predicted octanol–water partition coefficient (Wildman–Crippen LogP) is 3.99. The van der Waals surface area contributed by atoms with Crippen molar-refractivity contribution in [2.45, 2.75) is 12.8 Å². The molecule has 0 unspecified atom stereocenters. The Morgan fingerprint density at radius 1 is 1.14 bits per heavy atom. The summed E-state index contributed by atoms with van der Waals surface area (Å²) in [6.45, 7) is 0.771. The molecule has 2 aromatic carbocycles. The largest absolute Gasteiger partial charge is 0.339 e. The SMILES string of the molecule is O=C(Nc1ccc(Br)cc1F)C1CCN(C(=O)c2ccc([N+](=O)[O-])cc2)CC1. The molecule has 1 aliphatic heterocycles. The Balaban J connectivity index is 1.56. The molecular weight excluding hydrogens is 433 g/mol. The van der Waals surface area contributed by atoms with E-state index >= 15 is 0 Å².